The summed E-state index contributed by atoms with van der Waals surface area (Å²) >= 11 is 0. The van der Waals surface area contributed by atoms with Crippen LogP contribution in [0, 0.1) is 5.82 Å². The average molecular weight is 613 g/mol. The number of benzene rings is 3. The lowest BCUT2D eigenvalue weighted by Crippen LogP contribution is -2.25. The third-order valence-electron chi connectivity index (χ3n) is 7.77. The Hall–Kier alpha value is -5.43. The zero-order chi connectivity index (χ0) is 30.9. The molecule has 0 fully saturated rings. The minimum absolute atomic E-state index is 0.193. The maximum atomic E-state index is 13.7. The lowest BCUT2D eigenvalue weighted by Gasteiger charge is -2.22. The Morgan fingerprint density at radius 1 is 1.11 bits per heavy atom. The number of fused-ring (bicyclic) bond motifs is 6. The van der Waals surface area contributed by atoms with Gasteiger partial charge in [-0.2, -0.15) is 0 Å². The molecular weight excluding hydrogens is 587 g/mol. The zero-order valence-electron chi connectivity index (χ0n) is 23.8. The highest BCUT2D eigenvalue weighted by atomic mass is 32.2. The van der Waals surface area contributed by atoms with Gasteiger partial charge in [0.05, 0.1) is 34.9 Å². The smallest absolute Gasteiger partial charge is 0.255 e. The fourth-order valence-corrected chi connectivity index (χ4v) is 5.98. The van der Waals surface area contributed by atoms with E-state index in [1.165, 1.54) is 50.6 Å². The maximum Gasteiger partial charge on any atom is 0.255 e. The highest BCUT2D eigenvalue weighted by Crippen LogP contribution is 2.43. The van der Waals surface area contributed by atoms with Crippen LogP contribution in [0.15, 0.2) is 71.3 Å². The second kappa shape index (κ2) is 9.81. The highest BCUT2D eigenvalue weighted by molar-refractivity contribution is 7.92. The fourth-order valence-electron chi connectivity index (χ4n) is 5.47. The van der Waals surface area contributed by atoms with Gasteiger partial charge in [0.25, 0.3) is 5.91 Å². The first kappa shape index (κ1) is 27.4. The van der Waals surface area contributed by atoms with Crippen molar-refractivity contribution < 1.29 is 26.8 Å². The van der Waals surface area contributed by atoms with Gasteiger partial charge in [0.15, 0.2) is 18.3 Å². The minimum atomic E-state index is -3.75. The number of sulfonamides is 1. The molecule has 0 saturated heterocycles. The highest BCUT2D eigenvalue weighted by Gasteiger charge is 2.28. The zero-order valence-corrected chi connectivity index (χ0v) is 24.6. The molecule has 3 aromatic heterocycles. The van der Waals surface area contributed by atoms with E-state index in [1.807, 2.05) is 28.8 Å². The van der Waals surface area contributed by atoms with Gasteiger partial charge in [0.2, 0.25) is 10.0 Å². The Morgan fingerprint density at radius 2 is 1.89 bits per heavy atom. The number of halogens is 1. The number of hydrogen-bond donors (Lipinski definition) is 2. The van der Waals surface area contributed by atoms with Crippen LogP contribution in [-0.2, 0) is 16.8 Å². The van der Waals surface area contributed by atoms with Crippen LogP contribution in [0.4, 0.5) is 15.8 Å². The minimum Gasteiger partial charge on any atom is -0.469 e. The van der Waals surface area contributed by atoms with Crippen LogP contribution >= 0.6 is 0 Å². The predicted octanol–water partition coefficient (Wildman–Crippen LogP) is 5.01. The van der Waals surface area contributed by atoms with E-state index in [0.717, 1.165) is 27.2 Å². The van der Waals surface area contributed by atoms with Gasteiger partial charge in [-0.3, -0.25) is 9.10 Å². The number of rotatable bonds is 5. The number of aromatic nitrogens is 3. The summed E-state index contributed by atoms with van der Waals surface area (Å²) in [7, 11) is -0.857. The quantitative estimate of drug-likeness (QED) is 0.259. The Balaban J connectivity index is 1.50. The summed E-state index contributed by atoms with van der Waals surface area (Å²) < 4.78 is 54.4. The topological polar surface area (TPSA) is 146 Å². The third-order valence-corrected chi connectivity index (χ3v) is 8.96. The fraction of sp³-hybridized carbons (Fsp3) is 0.129. The number of anilines is 2. The molecule has 0 aliphatic carbocycles. The second-order valence-corrected chi connectivity index (χ2v) is 12.4. The molecule has 3 aromatic carbocycles. The van der Waals surface area contributed by atoms with Crippen LogP contribution < -0.4 is 20.1 Å². The van der Waals surface area contributed by atoms with Gasteiger partial charge < -0.3 is 24.8 Å². The Morgan fingerprint density at radius 3 is 2.61 bits per heavy atom. The van der Waals surface area contributed by atoms with Crippen molar-refractivity contribution in [3.63, 3.8) is 0 Å². The van der Waals surface area contributed by atoms with Crippen molar-refractivity contribution in [3.8, 4) is 39.8 Å². The lowest BCUT2D eigenvalue weighted by molar-refractivity contribution is 0.0964. The van der Waals surface area contributed by atoms with Gasteiger partial charge in [-0.1, -0.05) is 6.07 Å². The van der Waals surface area contributed by atoms with Crippen LogP contribution in [0.5, 0.6) is 5.75 Å². The SMILES string of the molecule is CNC(=O)c1c(-c2ccc(F)cc2)oc2cc(N(C)S(C)(=O)=O)c(-c3ncc4c(n3)-c3cc5c(N)cccc5n3CO4)cc12. The number of hydrogen-bond acceptors (Lipinski definition) is 8. The van der Waals surface area contributed by atoms with Crippen LogP contribution in [0.2, 0.25) is 0 Å². The molecule has 0 unspecified atom stereocenters. The number of ether oxygens (including phenoxy) is 1. The van der Waals surface area contributed by atoms with Gasteiger partial charge in [-0.05, 0) is 48.5 Å². The largest absolute Gasteiger partial charge is 0.469 e. The van der Waals surface area contributed by atoms with Crippen molar-refractivity contribution in [3.05, 3.63) is 78.2 Å². The van der Waals surface area contributed by atoms with E-state index in [9.17, 15) is 17.6 Å². The van der Waals surface area contributed by atoms with E-state index < -0.39 is 21.7 Å². The Kier molecular flexibility index (Phi) is 6.11. The average Bonchev–Trinajstić information content (AvgIpc) is 3.59. The molecule has 1 aliphatic heterocycles. The molecule has 0 radical (unpaired) electrons. The normalized spacial score (nSPS) is 12.5. The number of carbonyl (C=O) groups excluding carboxylic acids is 1. The van der Waals surface area contributed by atoms with Crippen LogP contribution in [0.25, 0.3) is 56.0 Å². The number of carbonyl (C=O) groups is 1. The van der Waals surface area contributed by atoms with Crippen molar-refractivity contribution in [2.45, 2.75) is 6.73 Å². The molecule has 6 aromatic rings. The molecule has 44 heavy (non-hydrogen) atoms. The van der Waals surface area contributed by atoms with Gasteiger partial charge in [0.1, 0.15) is 22.9 Å². The molecule has 11 nitrogen and oxygen atoms in total. The molecular formula is C31H25FN6O5S. The molecule has 1 aliphatic rings. The van der Waals surface area contributed by atoms with Crippen LogP contribution in [-0.4, -0.2) is 49.2 Å². The summed E-state index contributed by atoms with van der Waals surface area (Å²) in [6.07, 6.45) is 2.61. The molecule has 7 rings (SSSR count). The Labute approximate surface area is 250 Å². The summed E-state index contributed by atoms with van der Waals surface area (Å²) in [4.78, 5) is 22.6. The van der Waals surface area contributed by atoms with Crippen molar-refractivity contribution in [2.75, 3.05) is 30.4 Å². The number of nitrogen functional groups attached to an aromatic ring is 1. The van der Waals surface area contributed by atoms with E-state index in [4.69, 9.17) is 19.9 Å². The molecule has 0 saturated carbocycles. The molecule has 0 spiro atoms. The summed E-state index contributed by atoms with van der Waals surface area (Å²) in [6, 6.07) is 16.3. The van der Waals surface area contributed by atoms with Crippen molar-refractivity contribution in [2.24, 2.45) is 0 Å². The van der Waals surface area contributed by atoms with Crippen molar-refractivity contribution in [1.29, 1.82) is 0 Å². The second-order valence-electron chi connectivity index (χ2n) is 10.4. The Bertz CT molecular complexity index is 2260. The van der Waals surface area contributed by atoms with Gasteiger partial charge >= 0.3 is 0 Å². The van der Waals surface area contributed by atoms with Gasteiger partial charge in [0, 0.05) is 47.7 Å². The van der Waals surface area contributed by atoms with Crippen LogP contribution in [0.3, 0.4) is 0 Å². The molecule has 13 heteroatoms. The molecule has 0 atom stereocenters. The lowest BCUT2D eigenvalue weighted by atomic mass is 10.0. The van der Waals surface area contributed by atoms with E-state index in [-0.39, 0.29) is 35.1 Å². The molecule has 222 valence electrons. The number of amides is 1. The molecule has 4 heterocycles. The number of nitrogens with zero attached hydrogens (tertiary/aromatic N) is 4. The molecule has 3 N–H and O–H groups in total. The third kappa shape index (κ3) is 4.23. The van der Waals surface area contributed by atoms with Gasteiger partial charge in [-0.15, -0.1) is 0 Å². The maximum absolute atomic E-state index is 13.7. The first-order valence-corrected chi connectivity index (χ1v) is 15.3. The summed E-state index contributed by atoms with van der Waals surface area (Å²) in [6.45, 7) is 0.239. The van der Waals surface area contributed by atoms with Crippen molar-refractivity contribution in [1.82, 2.24) is 19.9 Å². The van der Waals surface area contributed by atoms with E-state index in [2.05, 4.69) is 10.3 Å². The van der Waals surface area contributed by atoms with Crippen molar-refractivity contribution >= 4 is 49.2 Å². The monoisotopic (exact) mass is 612 g/mol. The van der Waals surface area contributed by atoms with E-state index >= 15 is 0 Å². The van der Waals surface area contributed by atoms with E-state index in [1.54, 1.807) is 6.07 Å². The summed E-state index contributed by atoms with van der Waals surface area (Å²) in [5.41, 5.74) is 10.5. The predicted molar refractivity (Wildman–Crippen MR) is 165 cm³/mol. The number of nitrogens with two attached hydrogens (primary N) is 1. The number of furan rings is 1. The first-order chi connectivity index (χ1) is 21.0. The van der Waals surface area contributed by atoms with E-state index in [0.29, 0.717) is 33.6 Å². The number of nitrogens with one attached hydrogen (secondary N) is 1. The molecule has 1 amide bonds. The summed E-state index contributed by atoms with van der Waals surface area (Å²) in [5, 5.41) is 3.87. The van der Waals surface area contributed by atoms with Gasteiger partial charge in [-0.25, -0.2) is 22.8 Å². The standard InChI is InChI=1S/C31H25FN6O5S/c1-34-31(39)27-20-11-19(23(37(2)44(3,40)41)13-25(20)43-29(27)16-7-9-17(32)10-8-16)30-35-14-26-28(36-30)24-12-18-21(33)5-4-6-22(18)38(24)15-42-26/h4-14H,15,33H2,1-3H3,(H,34,39). The first-order valence-electron chi connectivity index (χ1n) is 13.5. The van der Waals surface area contributed by atoms with Crippen LogP contribution in [0.1, 0.15) is 10.4 Å². The molecule has 0 bridgehead atoms. The summed E-state index contributed by atoms with van der Waals surface area (Å²) in [5.74, 6) is -0.0408.